The second kappa shape index (κ2) is 6.58. The molecule has 0 unspecified atom stereocenters. The molecule has 0 heterocycles. The van der Waals surface area contributed by atoms with E-state index in [0.29, 0.717) is 18.1 Å². The number of aliphatic imine (C=N–C) groups is 1. The molecule has 3 rings (SSSR count). The summed E-state index contributed by atoms with van der Waals surface area (Å²) >= 11 is 0. The molecule has 3 atom stereocenters. The molecule has 3 aliphatic carbocycles. The summed E-state index contributed by atoms with van der Waals surface area (Å²) in [6.45, 7) is 14.2. The molecule has 0 aromatic heterocycles. The molecule has 0 aromatic rings. The van der Waals surface area contributed by atoms with E-state index in [0.717, 1.165) is 6.42 Å². The van der Waals surface area contributed by atoms with Crippen LogP contribution in [0.3, 0.4) is 0 Å². The van der Waals surface area contributed by atoms with E-state index in [2.05, 4.69) is 38.5 Å². The first kappa shape index (κ1) is 20.2. The third-order valence-corrected chi connectivity index (χ3v) is 6.60. The van der Waals surface area contributed by atoms with E-state index in [1.54, 1.807) is 6.92 Å². The van der Waals surface area contributed by atoms with Gasteiger partial charge in [-0.25, -0.2) is 9.79 Å². The van der Waals surface area contributed by atoms with Gasteiger partial charge in [-0.05, 0) is 63.6 Å². The maximum atomic E-state index is 13.3. The van der Waals surface area contributed by atoms with Crippen LogP contribution in [0.2, 0.25) is 19.6 Å². The molecular weight excluding hydrogens is 344 g/mol. The highest BCUT2D eigenvalue weighted by atomic mass is 28.4. The Morgan fingerprint density at radius 3 is 2.32 bits per heavy atom. The van der Waals surface area contributed by atoms with Crippen molar-refractivity contribution in [2.75, 3.05) is 6.61 Å². The molecule has 0 amide bonds. The number of fused-ring (bicyclic) bond motifs is 2. The van der Waals surface area contributed by atoms with Crippen LogP contribution in [0.15, 0.2) is 16.8 Å². The van der Waals surface area contributed by atoms with Gasteiger partial charge in [0.15, 0.2) is 8.32 Å². The molecule has 0 aliphatic heterocycles. The van der Waals surface area contributed by atoms with E-state index in [1.807, 2.05) is 6.92 Å². The number of rotatable bonds is 5. The Labute approximate surface area is 149 Å². The van der Waals surface area contributed by atoms with Gasteiger partial charge in [0.05, 0.1) is 17.9 Å². The van der Waals surface area contributed by atoms with Crippen LogP contribution in [0.25, 0.3) is 0 Å². The molecule has 4 nitrogen and oxygen atoms in total. The van der Waals surface area contributed by atoms with E-state index >= 15 is 0 Å². The average molecular weight is 374 g/mol. The minimum Gasteiger partial charge on any atom is -0.461 e. The van der Waals surface area contributed by atoms with Crippen molar-refractivity contribution < 1.29 is 22.7 Å². The second-order valence-electron chi connectivity index (χ2n) is 8.72. The van der Waals surface area contributed by atoms with Crippen molar-refractivity contribution in [3.8, 4) is 0 Å². The SMILES string of the molecule is CCOC(=O)C(N=C1C[C@@H]2C[C@@H](C2(C)C)[C@]1(C)O[Si](C)(C)C)=C(F)F. The highest BCUT2D eigenvalue weighted by molar-refractivity contribution is 6.70. The highest BCUT2D eigenvalue weighted by Gasteiger charge is 2.63. The summed E-state index contributed by atoms with van der Waals surface area (Å²) < 4.78 is 37.8. The van der Waals surface area contributed by atoms with Crippen LogP contribution < -0.4 is 0 Å². The molecule has 0 radical (unpaired) electrons. The Morgan fingerprint density at radius 2 is 1.88 bits per heavy atom. The molecule has 7 heteroatoms. The van der Waals surface area contributed by atoms with Crippen molar-refractivity contribution in [3.05, 3.63) is 11.8 Å². The molecule has 3 fully saturated rings. The van der Waals surface area contributed by atoms with Crippen LogP contribution >= 0.6 is 0 Å². The highest BCUT2D eigenvalue weighted by Crippen LogP contribution is 2.63. The number of halogens is 2. The summed E-state index contributed by atoms with van der Waals surface area (Å²) in [5.41, 5.74) is -0.988. The number of hydrogen-bond donors (Lipinski definition) is 0. The van der Waals surface area contributed by atoms with Crippen molar-refractivity contribution in [2.45, 2.75) is 65.8 Å². The zero-order chi connectivity index (χ0) is 19.2. The normalized spacial score (nSPS) is 32.1. The summed E-state index contributed by atoms with van der Waals surface area (Å²) in [6, 6.07) is 0. The van der Waals surface area contributed by atoms with Gasteiger partial charge in [0.1, 0.15) is 0 Å². The van der Waals surface area contributed by atoms with Crippen LogP contribution in [0, 0.1) is 17.3 Å². The van der Waals surface area contributed by atoms with E-state index < -0.39 is 31.7 Å². The molecule has 3 aliphatic rings. The second-order valence-corrected chi connectivity index (χ2v) is 13.1. The van der Waals surface area contributed by atoms with Gasteiger partial charge in [0, 0.05) is 0 Å². The van der Waals surface area contributed by atoms with Gasteiger partial charge in [-0.2, -0.15) is 8.78 Å². The third-order valence-electron chi connectivity index (χ3n) is 5.56. The molecule has 0 N–H and O–H groups in total. The molecular formula is C18H29F2NO3Si. The van der Waals surface area contributed by atoms with Crippen LogP contribution in [0.5, 0.6) is 0 Å². The summed E-state index contributed by atoms with van der Waals surface area (Å²) in [4.78, 5) is 16.0. The number of carbonyl (C=O) groups excluding carboxylic acids is 1. The van der Waals surface area contributed by atoms with Gasteiger partial charge in [0.2, 0.25) is 5.70 Å². The van der Waals surface area contributed by atoms with Crippen molar-refractivity contribution in [1.29, 1.82) is 0 Å². The van der Waals surface area contributed by atoms with Gasteiger partial charge in [0.25, 0.3) is 0 Å². The maximum absolute atomic E-state index is 13.3. The van der Waals surface area contributed by atoms with Gasteiger partial charge in [-0.3, -0.25) is 0 Å². The van der Waals surface area contributed by atoms with Crippen molar-refractivity contribution in [1.82, 2.24) is 0 Å². The zero-order valence-corrected chi connectivity index (χ0v) is 17.2. The summed E-state index contributed by atoms with van der Waals surface area (Å²) in [5, 5.41) is 0. The predicted octanol–water partition coefficient (Wildman–Crippen LogP) is 4.77. The third kappa shape index (κ3) is 3.72. The quantitative estimate of drug-likeness (QED) is 0.396. The van der Waals surface area contributed by atoms with Gasteiger partial charge < -0.3 is 9.16 Å². The molecule has 0 spiro atoms. The Hall–Kier alpha value is -1.08. The fourth-order valence-electron chi connectivity index (χ4n) is 4.36. The number of ether oxygens (including phenoxy) is 1. The lowest BCUT2D eigenvalue weighted by Gasteiger charge is -2.65. The van der Waals surface area contributed by atoms with Gasteiger partial charge in [-0.15, -0.1) is 0 Å². The maximum Gasteiger partial charge on any atom is 0.362 e. The molecule has 25 heavy (non-hydrogen) atoms. The number of carbonyl (C=O) groups is 1. The molecule has 0 saturated heterocycles. The minimum absolute atomic E-state index is 0.0292. The zero-order valence-electron chi connectivity index (χ0n) is 16.2. The summed E-state index contributed by atoms with van der Waals surface area (Å²) in [6.07, 6.45) is -0.538. The lowest BCUT2D eigenvalue weighted by atomic mass is 9.44. The van der Waals surface area contributed by atoms with E-state index in [4.69, 9.17) is 9.16 Å². The topological polar surface area (TPSA) is 47.9 Å². The standard InChI is InChI=1S/C18H29F2NO3Si/c1-8-23-16(22)14(15(19)20)21-13-10-11-9-12(17(11,2)3)18(13,4)24-25(5,6)7/h11-12H,8-10H2,1-7H3/t11-,12-,18-/m0/s1. The smallest absolute Gasteiger partial charge is 0.362 e. The monoisotopic (exact) mass is 373 g/mol. The van der Waals surface area contributed by atoms with Gasteiger partial charge in [-0.1, -0.05) is 13.8 Å². The van der Waals surface area contributed by atoms with E-state index in [-0.39, 0.29) is 17.9 Å². The largest absolute Gasteiger partial charge is 0.461 e. The average Bonchev–Trinajstić information content (AvgIpc) is 2.42. The van der Waals surface area contributed by atoms with Crippen molar-refractivity contribution >= 4 is 20.0 Å². The predicted molar refractivity (Wildman–Crippen MR) is 96.1 cm³/mol. The first-order valence-electron chi connectivity index (χ1n) is 8.83. The Balaban J connectivity index is 2.47. The number of hydrogen-bond acceptors (Lipinski definition) is 4. The Kier molecular flexibility index (Phi) is 5.32. The first-order chi connectivity index (χ1) is 11.3. The molecule has 0 aromatic carbocycles. The van der Waals surface area contributed by atoms with E-state index in [9.17, 15) is 13.6 Å². The number of nitrogens with zero attached hydrogens (tertiary/aromatic N) is 1. The van der Waals surface area contributed by atoms with Crippen LogP contribution in [0.4, 0.5) is 8.78 Å². The van der Waals surface area contributed by atoms with Crippen LogP contribution in [-0.4, -0.2) is 32.2 Å². The Bertz CT molecular complexity index is 620. The summed E-state index contributed by atoms with van der Waals surface area (Å²) in [7, 11) is -1.96. The molecule has 142 valence electrons. The fourth-order valence-corrected chi connectivity index (χ4v) is 5.89. The number of esters is 1. The van der Waals surface area contributed by atoms with Crippen LogP contribution in [0.1, 0.15) is 40.5 Å². The summed E-state index contributed by atoms with van der Waals surface area (Å²) in [5.74, 6) is -0.500. The first-order valence-corrected chi connectivity index (χ1v) is 12.2. The van der Waals surface area contributed by atoms with E-state index in [1.165, 1.54) is 0 Å². The molecule has 3 saturated carbocycles. The van der Waals surface area contributed by atoms with Crippen LogP contribution in [-0.2, 0) is 14.0 Å². The van der Waals surface area contributed by atoms with Crippen molar-refractivity contribution in [3.63, 3.8) is 0 Å². The van der Waals surface area contributed by atoms with Crippen molar-refractivity contribution in [2.24, 2.45) is 22.2 Å². The minimum atomic E-state index is -2.11. The Morgan fingerprint density at radius 1 is 1.28 bits per heavy atom. The molecule has 2 bridgehead atoms. The lowest BCUT2D eigenvalue weighted by Crippen LogP contribution is -2.67. The van der Waals surface area contributed by atoms with Gasteiger partial charge >= 0.3 is 12.0 Å². The lowest BCUT2D eigenvalue weighted by molar-refractivity contribution is -0.139. The fraction of sp³-hybridized carbons (Fsp3) is 0.778.